The Morgan fingerprint density at radius 1 is 0.400 bits per heavy atom. The molecule has 0 fully saturated rings. The van der Waals surface area contributed by atoms with E-state index in [1.54, 1.807) is 0 Å². The molecule has 1 heterocycles. The number of anilines is 3. The van der Waals surface area contributed by atoms with Crippen molar-refractivity contribution in [1.29, 1.82) is 0 Å². The van der Waals surface area contributed by atoms with Crippen molar-refractivity contribution in [3.8, 4) is 33.4 Å². The van der Waals surface area contributed by atoms with Crippen LogP contribution in [0.3, 0.4) is 0 Å². The van der Waals surface area contributed by atoms with Crippen LogP contribution in [0, 0.1) is 0 Å². The lowest BCUT2D eigenvalue weighted by molar-refractivity contribution is 0.660. The molecule has 0 radical (unpaired) electrons. The summed E-state index contributed by atoms with van der Waals surface area (Å²) < 4.78 is 6.42. The van der Waals surface area contributed by atoms with Crippen molar-refractivity contribution >= 4 is 60.5 Å². The molecule has 0 aliphatic heterocycles. The normalized spacial score (nSPS) is 13.1. The molecule has 0 atom stereocenters. The minimum atomic E-state index is -0.116. The largest absolute Gasteiger partial charge is 0.456 e. The quantitative estimate of drug-likeness (QED) is 0.177. The molecule has 0 saturated carbocycles. The lowest BCUT2D eigenvalue weighted by Crippen LogP contribution is -2.16. The Labute approximate surface area is 320 Å². The second-order valence-electron chi connectivity index (χ2n) is 15.4. The smallest absolute Gasteiger partial charge is 0.137 e. The SMILES string of the molecule is CC1(C)c2ccccc2-c2ccc(N(c3ccc4cc(-c5ccc6cc(-c7ccccc7)ccc6c5)ccc4c3)c3cccc4oc5ccccc5c34)cc21. The van der Waals surface area contributed by atoms with E-state index < -0.39 is 0 Å². The lowest BCUT2D eigenvalue weighted by Gasteiger charge is -2.29. The topological polar surface area (TPSA) is 16.4 Å². The molecule has 0 N–H and O–H groups in total. The molecular formula is C53H37NO. The van der Waals surface area contributed by atoms with Crippen LogP contribution in [0.5, 0.6) is 0 Å². The van der Waals surface area contributed by atoms with E-state index in [-0.39, 0.29) is 5.41 Å². The Hall–Kier alpha value is -6.90. The van der Waals surface area contributed by atoms with Crippen LogP contribution in [-0.2, 0) is 5.41 Å². The number of hydrogen-bond acceptors (Lipinski definition) is 2. The molecule has 0 saturated heterocycles. The summed E-state index contributed by atoms with van der Waals surface area (Å²) in [6.07, 6.45) is 0. The molecule has 0 bridgehead atoms. The molecule has 0 amide bonds. The molecule has 1 aliphatic carbocycles. The van der Waals surface area contributed by atoms with Crippen molar-refractivity contribution in [1.82, 2.24) is 0 Å². The van der Waals surface area contributed by atoms with Gasteiger partial charge in [0, 0.05) is 22.2 Å². The van der Waals surface area contributed by atoms with Crippen LogP contribution in [-0.4, -0.2) is 0 Å². The summed E-state index contributed by atoms with van der Waals surface area (Å²) in [5, 5.41) is 7.11. The highest BCUT2D eigenvalue weighted by Gasteiger charge is 2.36. The first kappa shape index (κ1) is 31.6. The number of rotatable bonds is 5. The van der Waals surface area contributed by atoms with Gasteiger partial charge in [-0.1, -0.05) is 141 Å². The molecule has 0 spiro atoms. The first-order chi connectivity index (χ1) is 27.0. The molecule has 2 heteroatoms. The molecule has 1 aromatic heterocycles. The van der Waals surface area contributed by atoms with E-state index in [1.165, 1.54) is 66.1 Å². The Kier molecular flexibility index (Phi) is 6.93. The van der Waals surface area contributed by atoms with Crippen molar-refractivity contribution in [3.05, 3.63) is 199 Å². The van der Waals surface area contributed by atoms with Gasteiger partial charge >= 0.3 is 0 Å². The van der Waals surface area contributed by atoms with Gasteiger partial charge in [0.2, 0.25) is 0 Å². The summed E-state index contributed by atoms with van der Waals surface area (Å²) in [4.78, 5) is 2.42. The van der Waals surface area contributed by atoms with Crippen LogP contribution in [0.2, 0.25) is 0 Å². The zero-order chi connectivity index (χ0) is 36.7. The summed E-state index contributed by atoms with van der Waals surface area (Å²) in [5.41, 5.74) is 15.2. The van der Waals surface area contributed by atoms with E-state index in [0.717, 1.165) is 39.0 Å². The third kappa shape index (κ3) is 5.02. The van der Waals surface area contributed by atoms with E-state index in [0.29, 0.717) is 0 Å². The summed E-state index contributed by atoms with van der Waals surface area (Å²) in [6.45, 7) is 4.70. The van der Waals surface area contributed by atoms with Gasteiger partial charge in [-0.15, -0.1) is 0 Å². The van der Waals surface area contributed by atoms with Crippen molar-refractivity contribution in [2.75, 3.05) is 4.90 Å². The molecule has 11 rings (SSSR count). The van der Waals surface area contributed by atoms with Crippen LogP contribution >= 0.6 is 0 Å². The Morgan fingerprint density at radius 2 is 0.964 bits per heavy atom. The first-order valence-corrected chi connectivity index (χ1v) is 19.1. The van der Waals surface area contributed by atoms with E-state index >= 15 is 0 Å². The van der Waals surface area contributed by atoms with Crippen LogP contribution in [0.25, 0.3) is 76.9 Å². The Bertz CT molecular complexity index is 3130. The van der Waals surface area contributed by atoms with Crippen LogP contribution in [0.4, 0.5) is 17.1 Å². The van der Waals surface area contributed by atoms with Crippen molar-refractivity contribution < 1.29 is 4.42 Å². The predicted octanol–water partition coefficient (Wildman–Crippen LogP) is 15.0. The average Bonchev–Trinajstić information content (AvgIpc) is 3.73. The van der Waals surface area contributed by atoms with Gasteiger partial charge in [-0.25, -0.2) is 0 Å². The molecule has 260 valence electrons. The van der Waals surface area contributed by atoms with Gasteiger partial charge in [0.25, 0.3) is 0 Å². The number of hydrogen-bond donors (Lipinski definition) is 0. The average molecular weight is 704 g/mol. The fourth-order valence-electron chi connectivity index (χ4n) is 8.99. The monoisotopic (exact) mass is 703 g/mol. The number of benzene rings is 9. The summed E-state index contributed by atoms with van der Waals surface area (Å²) in [6, 6.07) is 68.5. The van der Waals surface area contributed by atoms with Gasteiger partial charge < -0.3 is 9.32 Å². The molecule has 9 aromatic carbocycles. The highest BCUT2D eigenvalue weighted by Crippen LogP contribution is 2.51. The number of fused-ring (bicyclic) bond motifs is 8. The van der Waals surface area contributed by atoms with Crippen LogP contribution in [0.1, 0.15) is 25.0 Å². The number of para-hydroxylation sites is 1. The highest BCUT2D eigenvalue weighted by molar-refractivity contribution is 6.13. The molecule has 1 aliphatic rings. The molecular weight excluding hydrogens is 667 g/mol. The molecule has 0 unspecified atom stereocenters. The Balaban J connectivity index is 1.03. The molecule has 10 aromatic rings. The van der Waals surface area contributed by atoms with E-state index in [4.69, 9.17) is 4.42 Å². The summed E-state index contributed by atoms with van der Waals surface area (Å²) in [7, 11) is 0. The highest BCUT2D eigenvalue weighted by atomic mass is 16.3. The van der Waals surface area contributed by atoms with Gasteiger partial charge in [0.15, 0.2) is 0 Å². The first-order valence-electron chi connectivity index (χ1n) is 19.1. The third-order valence-corrected chi connectivity index (χ3v) is 11.8. The maximum atomic E-state index is 6.42. The summed E-state index contributed by atoms with van der Waals surface area (Å²) >= 11 is 0. The van der Waals surface area contributed by atoms with E-state index in [9.17, 15) is 0 Å². The molecule has 2 nitrogen and oxygen atoms in total. The lowest BCUT2D eigenvalue weighted by atomic mass is 9.82. The van der Waals surface area contributed by atoms with E-state index in [2.05, 4.69) is 201 Å². The summed E-state index contributed by atoms with van der Waals surface area (Å²) in [5.74, 6) is 0. The maximum Gasteiger partial charge on any atom is 0.137 e. The van der Waals surface area contributed by atoms with Gasteiger partial charge in [0.05, 0.1) is 11.1 Å². The zero-order valence-electron chi connectivity index (χ0n) is 30.8. The standard InChI is InChI=1S/C53H37NO/c1-53(2)47-15-8-6-13-44(47)45-28-27-43(33-48(45)53)54(49-16-10-18-51-52(49)46-14-7-9-17-50(46)55-51)42-26-25-40-31-39(23-24-41(40)32-42)38-22-21-36-29-35(19-20-37(36)30-38)34-11-4-3-5-12-34/h3-33H,1-2H3. The second-order valence-corrected chi connectivity index (χ2v) is 15.4. The minimum Gasteiger partial charge on any atom is -0.456 e. The van der Waals surface area contributed by atoms with Gasteiger partial charge in [-0.3, -0.25) is 0 Å². The Morgan fingerprint density at radius 3 is 1.73 bits per heavy atom. The fraction of sp³-hybridized carbons (Fsp3) is 0.0566. The fourth-order valence-corrected chi connectivity index (χ4v) is 8.99. The molecule has 55 heavy (non-hydrogen) atoms. The third-order valence-electron chi connectivity index (χ3n) is 11.8. The van der Waals surface area contributed by atoms with Crippen LogP contribution < -0.4 is 4.90 Å². The van der Waals surface area contributed by atoms with Crippen molar-refractivity contribution in [2.45, 2.75) is 19.3 Å². The second kappa shape index (κ2) is 12.1. The number of furan rings is 1. The maximum absolute atomic E-state index is 6.42. The van der Waals surface area contributed by atoms with Crippen LogP contribution in [0.15, 0.2) is 192 Å². The zero-order valence-corrected chi connectivity index (χ0v) is 30.8. The van der Waals surface area contributed by atoms with Gasteiger partial charge in [0.1, 0.15) is 11.2 Å². The minimum absolute atomic E-state index is 0.116. The van der Waals surface area contributed by atoms with E-state index in [1.807, 2.05) is 6.07 Å². The predicted molar refractivity (Wildman–Crippen MR) is 232 cm³/mol. The van der Waals surface area contributed by atoms with Gasteiger partial charge in [-0.2, -0.15) is 0 Å². The van der Waals surface area contributed by atoms with Crippen molar-refractivity contribution in [2.24, 2.45) is 0 Å². The van der Waals surface area contributed by atoms with Crippen molar-refractivity contribution in [3.63, 3.8) is 0 Å². The van der Waals surface area contributed by atoms with Gasteiger partial charge in [-0.05, 0) is 127 Å². The number of nitrogens with zero attached hydrogens (tertiary/aromatic N) is 1.